The van der Waals surface area contributed by atoms with Gasteiger partial charge >= 0.3 is 0 Å². The third kappa shape index (κ3) is 5.66. The molecule has 0 bridgehead atoms. The molecule has 0 saturated carbocycles. The Kier molecular flexibility index (Phi) is 7.67. The van der Waals surface area contributed by atoms with Gasteiger partial charge in [-0.15, -0.1) is 0 Å². The van der Waals surface area contributed by atoms with Crippen LogP contribution in [0.3, 0.4) is 0 Å². The fourth-order valence-corrected chi connectivity index (χ4v) is 8.77. The Morgan fingerprint density at radius 3 is 1.39 bits per heavy atom. The van der Waals surface area contributed by atoms with Crippen molar-refractivity contribution < 1.29 is 0 Å². The van der Waals surface area contributed by atoms with Crippen molar-refractivity contribution in [3.05, 3.63) is 216 Å². The van der Waals surface area contributed by atoms with Gasteiger partial charge in [-0.25, -0.2) is 9.97 Å². The highest BCUT2D eigenvalue weighted by Crippen LogP contribution is 2.43. The number of hydrogen-bond donors (Lipinski definition) is 0. The minimum atomic E-state index is 0.912. The largest absolute Gasteiger partial charge is 0.248 e. The summed E-state index contributed by atoms with van der Waals surface area (Å²) < 4.78 is 0. The fourth-order valence-electron chi connectivity index (χ4n) is 8.77. The molecule has 0 amide bonds. The molecular weight excluding hydrogens is 677 g/mol. The van der Waals surface area contributed by atoms with Crippen molar-refractivity contribution in [2.45, 2.75) is 12.8 Å². The SMILES string of the molecule is c1ccc(-c2cc(-c3cccc(-c4cc(-c5ccccc5)nc(-c5cccc6c5Cc5ccccc5-6)c4)c3)cc(-c3ccc4c(c3)Cc3ccccc3-4)n2)cc1. The highest BCUT2D eigenvalue weighted by molar-refractivity contribution is 5.87. The van der Waals surface area contributed by atoms with E-state index in [9.17, 15) is 0 Å². The van der Waals surface area contributed by atoms with Crippen molar-refractivity contribution in [3.63, 3.8) is 0 Å². The molecule has 56 heavy (non-hydrogen) atoms. The maximum Gasteiger partial charge on any atom is 0.0718 e. The van der Waals surface area contributed by atoms with Crippen LogP contribution in [0.4, 0.5) is 0 Å². The lowest BCUT2D eigenvalue weighted by atomic mass is 9.93. The van der Waals surface area contributed by atoms with E-state index in [1.165, 1.54) is 50.1 Å². The van der Waals surface area contributed by atoms with E-state index < -0.39 is 0 Å². The Morgan fingerprint density at radius 2 is 0.714 bits per heavy atom. The van der Waals surface area contributed by atoms with Gasteiger partial charge in [0.05, 0.1) is 22.8 Å². The van der Waals surface area contributed by atoms with Crippen molar-refractivity contribution in [2.24, 2.45) is 0 Å². The summed E-state index contributed by atoms with van der Waals surface area (Å²) in [4.78, 5) is 10.6. The number of rotatable bonds is 6. The van der Waals surface area contributed by atoms with Crippen LogP contribution in [0.1, 0.15) is 22.3 Å². The molecular formula is C54H36N2. The predicted octanol–water partition coefficient (Wildman–Crippen LogP) is 13.6. The molecule has 11 rings (SSSR count). The molecule has 0 saturated heterocycles. The molecule has 2 heteroatoms. The Labute approximate surface area is 327 Å². The molecule has 0 radical (unpaired) electrons. The first kappa shape index (κ1) is 32.3. The van der Waals surface area contributed by atoms with Crippen LogP contribution >= 0.6 is 0 Å². The van der Waals surface area contributed by atoms with Crippen LogP contribution in [0, 0.1) is 0 Å². The zero-order chi connectivity index (χ0) is 37.0. The molecule has 2 nitrogen and oxygen atoms in total. The average molecular weight is 713 g/mol. The molecule has 0 unspecified atom stereocenters. The summed E-state index contributed by atoms with van der Waals surface area (Å²) in [6, 6.07) is 70.1. The molecule has 2 aromatic heterocycles. The van der Waals surface area contributed by atoms with Crippen LogP contribution in [0.15, 0.2) is 194 Å². The third-order valence-electron chi connectivity index (χ3n) is 11.5. The second kappa shape index (κ2) is 13.3. The monoisotopic (exact) mass is 712 g/mol. The highest BCUT2D eigenvalue weighted by Gasteiger charge is 2.23. The van der Waals surface area contributed by atoms with Crippen molar-refractivity contribution in [2.75, 3.05) is 0 Å². The molecule has 2 aliphatic rings. The zero-order valence-corrected chi connectivity index (χ0v) is 30.8. The van der Waals surface area contributed by atoms with Gasteiger partial charge in [0.15, 0.2) is 0 Å². The Bertz CT molecular complexity index is 2960. The highest BCUT2D eigenvalue weighted by atomic mass is 14.7. The van der Waals surface area contributed by atoms with Gasteiger partial charge in [0.1, 0.15) is 0 Å². The zero-order valence-electron chi connectivity index (χ0n) is 30.8. The fraction of sp³-hybridized carbons (Fsp3) is 0.0370. The first-order valence-electron chi connectivity index (χ1n) is 19.4. The van der Waals surface area contributed by atoms with E-state index in [0.29, 0.717) is 0 Å². The van der Waals surface area contributed by atoms with Gasteiger partial charge in [-0.3, -0.25) is 0 Å². The van der Waals surface area contributed by atoms with Crippen LogP contribution < -0.4 is 0 Å². The van der Waals surface area contributed by atoms with Crippen LogP contribution in [0.5, 0.6) is 0 Å². The van der Waals surface area contributed by atoms with E-state index in [2.05, 4.69) is 194 Å². The van der Waals surface area contributed by atoms with Crippen molar-refractivity contribution in [1.82, 2.24) is 9.97 Å². The minimum Gasteiger partial charge on any atom is -0.248 e. The van der Waals surface area contributed by atoms with Crippen LogP contribution in [-0.4, -0.2) is 9.97 Å². The molecule has 0 spiro atoms. The molecule has 7 aromatic carbocycles. The smallest absolute Gasteiger partial charge is 0.0718 e. The quantitative estimate of drug-likeness (QED) is 0.172. The Hall–Kier alpha value is -7.16. The van der Waals surface area contributed by atoms with E-state index in [4.69, 9.17) is 9.97 Å². The van der Waals surface area contributed by atoms with Gasteiger partial charge in [-0.1, -0.05) is 158 Å². The van der Waals surface area contributed by atoms with E-state index in [0.717, 1.165) is 74.6 Å². The lowest BCUT2D eigenvalue weighted by Crippen LogP contribution is -1.95. The van der Waals surface area contributed by atoms with Gasteiger partial charge in [0, 0.05) is 22.3 Å². The number of benzene rings is 7. The summed E-state index contributed by atoms with van der Waals surface area (Å²) >= 11 is 0. The van der Waals surface area contributed by atoms with Gasteiger partial charge in [0.2, 0.25) is 0 Å². The summed E-state index contributed by atoms with van der Waals surface area (Å²) in [6.45, 7) is 0. The number of fused-ring (bicyclic) bond motifs is 6. The molecule has 2 aliphatic carbocycles. The summed E-state index contributed by atoms with van der Waals surface area (Å²) in [5, 5.41) is 0. The van der Waals surface area contributed by atoms with Crippen LogP contribution in [0.25, 0.3) is 89.5 Å². The molecule has 0 fully saturated rings. The first-order chi connectivity index (χ1) is 27.7. The summed E-state index contributed by atoms with van der Waals surface area (Å²) in [6.07, 6.45) is 1.86. The maximum atomic E-state index is 5.34. The second-order valence-electron chi connectivity index (χ2n) is 14.9. The lowest BCUT2D eigenvalue weighted by molar-refractivity contribution is 1.24. The second-order valence-corrected chi connectivity index (χ2v) is 14.9. The van der Waals surface area contributed by atoms with E-state index >= 15 is 0 Å². The van der Waals surface area contributed by atoms with Gasteiger partial charge in [-0.05, 0) is 116 Å². The molecule has 0 aliphatic heterocycles. The summed E-state index contributed by atoms with van der Waals surface area (Å²) in [5.74, 6) is 0. The van der Waals surface area contributed by atoms with Gasteiger partial charge in [0.25, 0.3) is 0 Å². The first-order valence-corrected chi connectivity index (χ1v) is 19.4. The van der Waals surface area contributed by atoms with Gasteiger partial charge in [-0.2, -0.15) is 0 Å². The predicted molar refractivity (Wildman–Crippen MR) is 231 cm³/mol. The molecule has 0 atom stereocenters. The summed E-state index contributed by atoms with van der Waals surface area (Å²) in [7, 11) is 0. The number of pyridine rings is 2. The number of hydrogen-bond acceptors (Lipinski definition) is 2. The van der Waals surface area contributed by atoms with Crippen molar-refractivity contribution >= 4 is 0 Å². The van der Waals surface area contributed by atoms with Crippen LogP contribution in [0.2, 0.25) is 0 Å². The maximum absolute atomic E-state index is 5.34. The Morgan fingerprint density at radius 1 is 0.250 bits per heavy atom. The van der Waals surface area contributed by atoms with E-state index in [-0.39, 0.29) is 0 Å². The molecule has 9 aromatic rings. The van der Waals surface area contributed by atoms with E-state index in [1.807, 2.05) is 0 Å². The van der Waals surface area contributed by atoms with Crippen molar-refractivity contribution in [3.8, 4) is 89.5 Å². The van der Waals surface area contributed by atoms with E-state index in [1.54, 1.807) is 0 Å². The topological polar surface area (TPSA) is 25.8 Å². The standard InChI is InChI=1S/C54H36N2/c1-3-13-35(14-4-1)51-31-42(33-53(55-51)41-25-26-47-44(29-41)28-39-17-7-9-21-45(39)47)37-19-11-20-38(27-37)43-32-52(36-15-5-2-6-16-36)56-54(34-43)49-24-12-23-48-46-22-10-8-18-40(46)30-50(48)49/h1-27,29,31-34H,28,30H2. The lowest BCUT2D eigenvalue weighted by Gasteiger charge is -2.14. The molecule has 0 N–H and O–H groups in total. The molecule has 262 valence electrons. The molecule has 2 heterocycles. The third-order valence-corrected chi connectivity index (χ3v) is 11.5. The average Bonchev–Trinajstić information content (AvgIpc) is 3.85. The number of aromatic nitrogens is 2. The van der Waals surface area contributed by atoms with Gasteiger partial charge < -0.3 is 0 Å². The normalized spacial score (nSPS) is 12.1. The van der Waals surface area contributed by atoms with Crippen molar-refractivity contribution in [1.29, 1.82) is 0 Å². The minimum absolute atomic E-state index is 0.912. The van der Waals surface area contributed by atoms with Crippen LogP contribution in [-0.2, 0) is 12.8 Å². The Balaban J connectivity index is 1.04. The number of nitrogens with zero attached hydrogens (tertiary/aromatic N) is 2. The summed E-state index contributed by atoms with van der Waals surface area (Å²) in [5.41, 5.74) is 23.8.